The van der Waals surface area contributed by atoms with Gasteiger partial charge in [0.1, 0.15) is 0 Å². The van der Waals surface area contributed by atoms with Gasteiger partial charge in [-0.25, -0.2) is 0 Å². The van der Waals surface area contributed by atoms with E-state index in [9.17, 15) is 0 Å². The van der Waals surface area contributed by atoms with Crippen LogP contribution in [0.2, 0.25) is 0 Å². The number of hydrogen-bond acceptors (Lipinski definition) is 0. The molecule has 0 aliphatic heterocycles. The summed E-state index contributed by atoms with van der Waals surface area (Å²) in [6.45, 7) is 2.52. The Morgan fingerprint density at radius 1 is 1.17 bits per heavy atom. The van der Waals surface area contributed by atoms with Crippen molar-refractivity contribution in [2.75, 3.05) is 0 Å². The first-order valence-electron chi connectivity index (χ1n) is 5.35. The second-order valence-corrected chi connectivity index (χ2v) is 6.27. The van der Waals surface area contributed by atoms with Gasteiger partial charge in [-0.1, -0.05) is 35.7 Å². The highest BCUT2D eigenvalue weighted by Crippen LogP contribution is 2.51. The lowest BCUT2D eigenvalue weighted by molar-refractivity contribution is 0.0691. The van der Waals surface area contributed by atoms with Crippen LogP contribution >= 0.6 is 15.9 Å². The fourth-order valence-electron chi connectivity index (χ4n) is 3.22. The minimum Gasteiger partial charge on any atom is -0.0890 e. The van der Waals surface area contributed by atoms with E-state index in [4.69, 9.17) is 0 Å². The Balaban J connectivity index is 2.07. The van der Waals surface area contributed by atoms with Crippen molar-refractivity contribution >= 4 is 15.9 Å². The molecular weight excluding hydrogens is 212 g/mol. The number of hydrogen-bond donors (Lipinski definition) is 0. The summed E-state index contributed by atoms with van der Waals surface area (Å²) in [6.07, 6.45) is 10.3. The molecule has 0 unspecified atom stereocenters. The van der Waals surface area contributed by atoms with Crippen LogP contribution in [0.15, 0.2) is 0 Å². The summed E-state index contributed by atoms with van der Waals surface area (Å²) in [7, 11) is 0. The van der Waals surface area contributed by atoms with Crippen LogP contribution in [0.4, 0.5) is 0 Å². The molecule has 3 atom stereocenters. The summed E-state index contributed by atoms with van der Waals surface area (Å²) in [5.41, 5.74) is 0.699. The quantitative estimate of drug-likeness (QED) is 0.550. The van der Waals surface area contributed by atoms with Crippen LogP contribution in [-0.2, 0) is 0 Å². The van der Waals surface area contributed by atoms with E-state index in [0.29, 0.717) is 5.41 Å². The van der Waals surface area contributed by atoms with Crippen LogP contribution in [0.3, 0.4) is 0 Å². The fourth-order valence-corrected chi connectivity index (χ4v) is 4.23. The van der Waals surface area contributed by atoms with Crippen molar-refractivity contribution in [2.24, 2.45) is 11.3 Å². The van der Waals surface area contributed by atoms with E-state index >= 15 is 0 Å². The molecule has 2 fully saturated rings. The third kappa shape index (κ3) is 1.57. The summed E-state index contributed by atoms with van der Waals surface area (Å²) < 4.78 is 0. The highest BCUT2D eigenvalue weighted by molar-refractivity contribution is 9.09. The standard InChI is InChI=1S/C11H19Br/c1-11-7-3-2-4-9(11)5-6-10(12)8-11/h9-10H,2-8H2,1H3/t9-,10+,11-/m1/s1. The maximum Gasteiger partial charge on any atom is 0.0151 e. The summed E-state index contributed by atoms with van der Waals surface area (Å²) in [5, 5.41) is 0. The first kappa shape index (κ1) is 9.05. The van der Waals surface area contributed by atoms with Gasteiger partial charge >= 0.3 is 0 Å². The molecular formula is C11H19Br. The van der Waals surface area contributed by atoms with E-state index in [-0.39, 0.29) is 0 Å². The molecule has 0 spiro atoms. The molecule has 0 saturated heterocycles. The number of fused-ring (bicyclic) bond motifs is 1. The molecule has 0 radical (unpaired) electrons. The Hall–Kier alpha value is 0.480. The lowest BCUT2D eigenvalue weighted by atomic mass is 9.61. The van der Waals surface area contributed by atoms with E-state index in [0.717, 1.165) is 10.7 Å². The summed E-state index contributed by atoms with van der Waals surface area (Å²) >= 11 is 3.79. The molecule has 2 aliphatic rings. The lowest BCUT2D eigenvalue weighted by Gasteiger charge is -2.46. The second-order valence-electron chi connectivity index (χ2n) is 4.98. The average Bonchev–Trinajstić information content (AvgIpc) is 2.02. The van der Waals surface area contributed by atoms with Crippen LogP contribution in [0.5, 0.6) is 0 Å². The predicted octanol–water partition coefficient (Wildman–Crippen LogP) is 4.13. The van der Waals surface area contributed by atoms with E-state index < -0.39 is 0 Å². The first-order valence-corrected chi connectivity index (χ1v) is 6.26. The van der Waals surface area contributed by atoms with Crippen molar-refractivity contribution in [1.82, 2.24) is 0 Å². The Morgan fingerprint density at radius 3 is 2.83 bits per heavy atom. The van der Waals surface area contributed by atoms with Crippen molar-refractivity contribution in [3.05, 3.63) is 0 Å². The van der Waals surface area contributed by atoms with Crippen molar-refractivity contribution in [3.63, 3.8) is 0 Å². The topological polar surface area (TPSA) is 0 Å². The molecule has 2 rings (SSSR count). The van der Waals surface area contributed by atoms with Crippen LogP contribution in [0.1, 0.15) is 51.9 Å². The third-order valence-electron chi connectivity index (χ3n) is 4.05. The molecule has 0 aromatic rings. The minimum atomic E-state index is 0.699. The van der Waals surface area contributed by atoms with E-state index in [1.807, 2.05) is 0 Å². The third-order valence-corrected chi connectivity index (χ3v) is 4.83. The normalized spacial score (nSPS) is 48.5. The monoisotopic (exact) mass is 230 g/mol. The highest BCUT2D eigenvalue weighted by Gasteiger charge is 2.40. The molecule has 2 saturated carbocycles. The van der Waals surface area contributed by atoms with Crippen LogP contribution < -0.4 is 0 Å². The second kappa shape index (κ2) is 3.32. The largest absolute Gasteiger partial charge is 0.0890 e. The zero-order chi connectivity index (χ0) is 8.60. The van der Waals surface area contributed by atoms with Gasteiger partial charge in [-0.2, -0.15) is 0 Å². The SMILES string of the molecule is C[C@]12CCCC[C@@H]1CC[C@H](Br)C2. The zero-order valence-corrected chi connectivity index (χ0v) is 9.57. The van der Waals surface area contributed by atoms with Crippen LogP contribution in [0, 0.1) is 11.3 Å². The zero-order valence-electron chi connectivity index (χ0n) is 7.98. The van der Waals surface area contributed by atoms with Crippen molar-refractivity contribution in [3.8, 4) is 0 Å². The van der Waals surface area contributed by atoms with Gasteiger partial charge in [0.15, 0.2) is 0 Å². The molecule has 0 nitrogen and oxygen atoms in total. The van der Waals surface area contributed by atoms with Gasteiger partial charge < -0.3 is 0 Å². The molecule has 0 heterocycles. The van der Waals surface area contributed by atoms with Gasteiger partial charge in [-0.05, 0) is 43.4 Å². The van der Waals surface area contributed by atoms with Gasteiger partial charge in [-0.3, -0.25) is 0 Å². The maximum atomic E-state index is 3.79. The van der Waals surface area contributed by atoms with E-state index in [1.165, 1.54) is 44.9 Å². The Morgan fingerprint density at radius 2 is 2.00 bits per heavy atom. The minimum absolute atomic E-state index is 0.699. The Labute approximate surface area is 84.2 Å². The van der Waals surface area contributed by atoms with E-state index in [2.05, 4.69) is 22.9 Å². The number of rotatable bonds is 0. The van der Waals surface area contributed by atoms with Crippen molar-refractivity contribution in [2.45, 2.75) is 56.7 Å². The Kier molecular flexibility index (Phi) is 2.51. The molecule has 0 bridgehead atoms. The van der Waals surface area contributed by atoms with Gasteiger partial charge in [0.2, 0.25) is 0 Å². The van der Waals surface area contributed by atoms with Crippen molar-refractivity contribution < 1.29 is 0 Å². The van der Waals surface area contributed by atoms with Gasteiger partial charge in [-0.15, -0.1) is 0 Å². The van der Waals surface area contributed by atoms with Gasteiger partial charge in [0.05, 0.1) is 0 Å². The maximum absolute atomic E-state index is 3.79. The van der Waals surface area contributed by atoms with Crippen LogP contribution in [0.25, 0.3) is 0 Å². The molecule has 0 aromatic carbocycles. The van der Waals surface area contributed by atoms with Crippen molar-refractivity contribution in [1.29, 1.82) is 0 Å². The van der Waals surface area contributed by atoms with Crippen LogP contribution in [-0.4, -0.2) is 4.83 Å². The molecule has 0 aromatic heterocycles. The first-order chi connectivity index (χ1) is 5.71. The fraction of sp³-hybridized carbons (Fsp3) is 1.00. The smallest absolute Gasteiger partial charge is 0.0151 e. The molecule has 2 aliphatic carbocycles. The van der Waals surface area contributed by atoms with Gasteiger partial charge in [0, 0.05) is 4.83 Å². The summed E-state index contributed by atoms with van der Waals surface area (Å²) in [6, 6.07) is 0. The number of alkyl halides is 1. The molecule has 70 valence electrons. The summed E-state index contributed by atoms with van der Waals surface area (Å²) in [4.78, 5) is 0.817. The average molecular weight is 231 g/mol. The summed E-state index contributed by atoms with van der Waals surface area (Å²) in [5.74, 6) is 1.06. The molecule has 0 amide bonds. The number of halogens is 1. The Bertz CT molecular complexity index is 166. The molecule has 12 heavy (non-hydrogen) atoms. The van der Waals surface area contributed by atoms with E-state index in [1.54, 1.807) is 0 Å². The highest BCUT2D eigenvalue weighted by atomic mass is 79.9. The lowest BCUT2D eigenvalue weighted by Crippen LogP contribution is -2.37. The predicted molar refractivity (Wildman–Crippen MR) is 56.6 cm³/mol. The molecule has 0 N–H and O–H groups in total. The van der Waals surface area contributed by atoms with Gasteiger partial charge in [0.25, 0.3) is 0 Å². The molecule has 1 heteroatoms.